The molecule has 1 unspecified atom stereocenters. The van der Waals surface area contributed by atoms with Crippen molar-refractivity contribution in [2.45, 2.75) is 30.7 Å². The summed E-state index contributed by atoms with van der Waals surface area (Å²) in [4.78, 5) is 13.0. The predicted molar refractivity (Wildman–Crippen MR) is 93.1 cm³/mol. The number of aryl methyl sites for hydroxylation is 1. The molecule has 2 nitrogen and oxygen atoms in total. The third-order valence-corrected chi connectivity index (χ3v) is 4.25. The Bertz CT molecular complexity index is 615. The average Bonchev–Trinajstić information content (AvgIpc) is 2.48. The lowest BCUT2D eigenvalue weighted by Gasteiger charge is -2.15. The van der Waals surface area contributed by atoms with Gasteiger partial charge in [0, 0.05) is 15.4 Å². The average molecular weight is 364 g/mol. The van der Waals surface area contributed by atoms with E-state index in [2.05, 4.69) is 46.0 Å². The highest BCUT2D eigenvalue weighted by molar-refractivity contribution is 9.10. The quantitative estimate of drug-likeness (QED) is 0.752. The number of hydrogen-bond donors (Lipinski definition) is 2. The third-order valence-electron chi connectivity index (χ3n) is 3.28. The fourth-order valence-corrected chi connectivity index (χ4v) is 2.72. The molecule has 0 bridgehead atoms. The van der Waals surface area contributed by atoms with Crippen LogP contribution in [0.4, 0.5) is 0 Å². The molecule has 0 heterocycles. The Labute approximate surface area is 139 Å². The molecule has 0 aliphatic heterocycles. The molecule has 0 spiro atoms. The molecular formula is C17H18BrNOS. The van der Waals surface area contributed by atoms with Crippen molar-refractivity contribution >= 4 is 34.5 Å². The summed E-state index contributed by atoms with van der Waals surface area (Å²) < 4.78 is 0.785. The summed E-state index contributed by atoms with van der Waals surface area (Å²) >= 11 is 7.68. The monoisotopic (exact) mass is 363 g/mol. The predicted octanol–water partition coefficient (Wildman–Crippen LogP) is 4.49. The largest absolute Gasteiger partial charge is 0.350 e. The van der Waals surface area contributed by atoms with Gasteiger partial charge in [-0.25, -0.2) is 0 Å². The molecule has 110 valence electrons. The zero-order valence-corrected chi connectivity index (χ0v) is 14.3. The smallest absolute Gasteiger partial charge is 0.252 e. The van der Waals surface area contributed by atoms with E-state index in [9.17, 15) is 4.79 Å². The van der Waals surface area contributed by atoms with Crippen molar-refractivity contribution in [3.8, 4) is 0 Å². The van der Waals surface area contributed by atoms with Crippen molar-refractivity contribution in [1.29, 1.82) is 0 Å². The Morgan fingerprint density at radius 2 is 1.95 bits per heavy atom. The zero-order chi connectivity index (χ0) is 15.2. The number of halogens is 1. The first-order valence-electron chi connectivity index (χ1n) is 6.89. The van der Waals surface area contributed by atoms with Crippen LogP contribution >= 0.6 is 28.6 Å². The minimum absolute atomic E-state index is 0.0710. The summed E-state index contributed by atoms with van der Waals surface area (Å²) in [7, 11) is 0. The molecule has 2 aromatic rings. The first-order chi connectivity index (χ1) is 10.1. The second-order valence-corrected chi connectivity index (χ2v) is 6.43. The van der Waals surface area contributed by atoms with Crippen LogP contribution in [0.3, 0.4) is 0 Å². The SMILES string of the molecule is CC(CCc1ccccc1)NC(=O)c1cc(S)ccc1Br. The molecule has 4 heteroatoms. The fraction of sp³-hybridized carbons (Fsp3) is 0.235. The van der Waals surface area contributed by atoms with Gasteiger partial charge in [-0.3, -0.25) is 4.79 Å². The Hall–Kier alpha value is -1.26. The highest BCUT2D eigenvalue weighted by atomic mass is 79.9. The van der Waals surface area contributed by atoms with E-state index in [0.717, 1.165) is 22.2 Å². The molecule has 21 heavy (non-hydrogen) atoms. The van der Waals surface area contributed by atoms with E-state index in [-0.39, 0.29) is 11.9 Å². The lowest BCUT2D eigenvalue weighted by molar-refractivity contribution is 0.0937. The molecule has 0 aromatic heterocycles. The number of hydrogen-bond acceptors (Lipinski definition) is 2. The van der Waals surface area contributed by atoms with Gasteiger partial charge in [-0.05, 0) is 59.5 Å². The highest BCUT2D eigenvalue weighted by Gasteiger charge is 2.13. The van der Waals surface area contributed by atoms with E-state index in [1.54, 1.807) is 6.07 Å². The second kappa shape index (κ2) is 7.66. The van der Waals surface area contributed by atoms with Crippen LogP contribution < -0.4 is 5.32 Å². The lowest BCUT2D eigenvalue weighted by atomic mass is 10.1. The minimum atomic E-state index is -0.0710. The van der Waals surface area contributed by atoms with Gasteiger partial charge in [-0.1, -0.05) is 30.3 Å². The fourth-order valence-electron chi connectivity index (χ4n) is 2.09. The number of benzene rings is 2. The molecular weight excluding hydrogens is 346 g/mol. The topological polar surface area (TPSA) is 29.1 Å². The van der Waals surface area contributed by atoms with E-state index in [1.165, 1.54) is 5.56 Å². The number of nitrogens with one attached hydrogen (secondary N) is 1. The minimum Gasteiger partial charge on any atom is -0.350 e. The Balaban J connectivity index is 1.91. The molecule has 1 amide bonds. The summed E-state index contributed by atoms with van der Waals surface area (Å²) in [6.45, 7) is 2.03. The summed E-state index contributed by atoms with van der Waals surface area (Å²) in [5.41, 5.74) is 1.91. The molecule has 0 radical (unpaired) electrons. The first-order valence-corrected chi connectivity index (χ1v) is 8.13. The third kappa shape index (κ3) is 4.90. The van der Waals surface area contributed by atoms with E-state index in [1.807, 2.05) is 37.3 Å². The van der Waals surface area contributed by atoms with Crippen LogP contribution in [-0.4, -0.2) is 11.9 Å². The van der Waals surface area contributed by atoms with Gasteiger partial charge in [0.25, 0.3) is 5.91 Å². The van der Waals surface area contributed by atoms with Crippen LogP contribution in [0.25, 0.3) is 0 Å². The molecule has 1 N–H and O–H groups in total. The summed E-state index contributed by atoms with van der Waals surface area (Å²) in [5, 5.41) is 3.03. The van der Waals surface area contributed by atoms with Crippen molar-refractivity contribution in [2.75, 3.05) is 0 Å². The van der Waals surface area contributed by atoms with Gasteiger partial charge < -0.3 is 5.32 Å². The molecule has 0 saturated carbocycles. The Morgan fingerprint density at radius 1 is 1.24 bits per heavy atom. The maximum atomic E-state index is 12.3. The maximum absolute atomic E-state index is 12.3. The van der Waals surface area contributed by atoms with E-state index in [4.69, 9.17) is 0 Å². The number of amides is 1. The standard InChI is InChI=1S/C17H18BrNOS/c1-12(7-8-13-5-3-2-4-6-13)19-17(20)15-11-14(21)9-10-16(15)18/h2-6,9-12,21H,7-8H2,1H3,(H,19,20). The molecule has 0 aliphatic carbocycles. The molecule has 1 atom stereocenters. The number of rotatable bonds is 5. The van der Waals surface area contributed by atoms with Crippen LogP contribution in [0, 0.1) is 0 Å². The van der Waals surface area contributed by atoms with Gasteiger partial charge >= 0.3 is 0 Å². The Kier molecular flexibility index (Phi) is 5.88. The summed E-state index contributed by atoms with van der Waals surface area (Å²) in [6, 6.07) is 15.9. The number of carbonyl (C=O) groups excluding carboxylic acids is 1. The molecule has 0 aliphatic rings. The second-order valence-electron chi connectivity index (χ2n) is 5.06. The van der Waals surface area contributed by atoms with Crippen molar-refractivity contribution in [1.82, 2.24) is 5.32 Å². The van der Waals surface area contributed by atoms with Crippen LogP contribution in [0.5, 0.6) is 0 Å². The normalized spacial score (nSPS) is 12.0. The molecule has 0 fully saturated rings. The van der Waals surface area contributed by atoms with Crippen molar-refractivity contribution in [3.05, 3.63) is 64.1 Å². The van der Waals surface area contributed by atoms with E-state index >= 15 is 0 Å². The first kappa shape index (κ1) is 16.1. The number of thiol groups is 1. The van der Waals surface area contributed by atoms with Crippen LogP contribution in [0.1, 0.15) is 29.3 Å². The molecule has 0 saturated heterocycles. The van der Waals surface area contributed by atoms with Crippen molar-refractivity contribution in [3.63, 3.8) is 0 Å². The van der Waals surface area contributed by atoms with Crippen molar-refractivity contribution in [2.24, 2.45) is 0 Å². The van der Waals surface area contributed by atoms with Crippen LogP contribution in [-0.2, 0) is 6.42 Å². The maximum Gasteiger partial charge on any atom is 0.252 e. The number of carbonyl (C=O) groups is 1. The zero-order valence-electron chi connectivity index (χ0n) is 11.8. The lowest BCUT2D eigenvalue weighted by Crippen LogP contribution is -2.33. The molecule has 2 aromatic carbocycles. The summed E-state index contributed by atoms with van der Waals surface area (Å²) in [5.74, 6) is -0.0710. The van der Waals surface area contributed by atoms with Gasteiger partial charge in [0.2, 0.25) is 0 Å². The van der Waals surface area contributed by atoms with Gasteiger partial charge in [0.1, 0.15) is 0 Å². The Morgan fingerprint density at radius 3 is 2.67 bits per heavy atom. The van der Waals surface area contributed by atoms with Gasteiger partial charge in [-0.15, -0.1) is 12.6 Å². The van der Waals surface area contributed by atoms with Crippen LogP contribution in [0.15, 0.2) is 57.9 Å². The van der Waals surface area contributed by atoms with Gasteiger partial charge in [0.05, 0.1) is 5.56 Å². The van der Waals surface area contributed by atoms with Crippen LogP contribution in [0.2, 0.25) is 0 Å². The highest BCUT2D eigenvalue weighted by Crippen LogP contribution is 2.20. The van der Waals surface area contributed by atoms with Crippen molar-refractivity contribution < 1.29 is 4.79 Å². The van der Waals surface area contributed by atoms with Gasteiger partial charge in [0.15, 0.2) is 0 Å². The summed E-state index contributed by atoms with van der Waals surface area (Å²) in [6.07, 6.45) is 1.87. The molecule has 2 rings (SSSR count). The van der Waals surface area contributed by atoms with E-state index < -0.39 is 0 Å². The van der Waals surface area contributed by atoms with Gasteiger partial charge in [-0.2, -0.15) is 0 Å². The van der Waals surface area contributed by atoms with E-state index in [0.29, 0.717) is 5.56 Å².